The molecule has 2 aromatic rings. The minimum Gasteiger partial charge on any atom is -0.316 e. The normalized spacial score (nSPS) is 13.7. The van der Waals surface area contributed by atoms with Crippen molar-refractivity contribution in [3.8, 4) is 0 Å². The van der Waals surface area contributed by atoms with Crippen molar-refractivity contribution >= 4 is 27.3 Å². The molecule has 2 aromatic carbocycles. The molecule has 6 heteroatoms. The largest absolute Gasteiger partial charge is 0.316 e. The van der Waals surface area contributed by atoms with Crippen molar-refractivity contribution < 1.29 is 13.2 Å². The predicted octanol–water partition coefficient (Wildman–Crippen LogP) is 2.42. The summed E-state index contributed by atoms with van der Waals surface area (Å²) in [5, 5.41) is 0. The van der Waals surface area contributed by atoms with Crippen molar-refractivity contribution in [2.24, 2.45) is 0 Å². The van der Waals surface area contributed by atoms with Crippen LogP contribution in [0, 0.1) is 0 Å². The molecule has 0 unspecified atom stereocenters. The van der Waals surface area contributed by atoms with Crippen LogP contribution >= 0.6 is 0 Å². The van der Waals surface area contributed by atoms with Crippen molar-refractivity contribution in [3.63, 3.8) is 0 Å². The second-order valence-corrected chi connectivity index (χ2v) is 7.39. The Labute approximate surface area is 136 Å². The van der Waals surface area contributed by atoms with Crippen LogP contribution in [0.25, 0.3) is 0 Å². The predicted molar refractivity (Wildman–Crippen MR) is 90.2 cm³/mol. The number of benzene rings is 2. The minimum atomic E-state index is -3.58. The third kappa shape index (κ3) is 2.70. The molecule has 0 bridgehead atoms. The molecule has 0 N–H and O–H groups in total. The highest BCUT2D eigenvalue weighted by Crippen LogP contribution is 2.33. The Kier molecular flexibility index (Phi) is 3.85. The van der Waals surface area contributed by atoms with Gasteiger partial charge in [0.1, 0.15) is 0 Å². The van der Waals surface area contributed by atoms with Crippen LogP contribution in [0.2, 0.25) is 0 Å². The number of anilines is 2. The smallest absolute Gasteiger partial charge is 0.264 e. The maximum Gasteiger partial charge on any atom is 0.264 e. The second kappa shape index (κ2) is 5.70. The molecule has 1 heterocycles. The zero-order chi connectivity index (χ0) is 16.6. The van der Waals surface area contributed by atoms with Gasteiger partial charge in [-0.2, -0.15) is 0 Å². The highest BCUT2D eigenvalue weighted by Gasteiger charge is 2.30. The van der Waals surface area contributed by atoms with Gasteiger partial charge in [-0.3, -0.25) is 9.10 Å². The van der Waals surface area contributed by atoms with Crippen molar-refractivity contribution in [2.45, 2.75) is 18.2 Å². The average Bonchev–Trinajstić information content (AvgIpc) is 2.99. The number of para-hydroxylation sites is 1. The van der Waals surface area contributed by atoms with E-state index in [0.29, 0.717) is 12.2 Å². The van der Waals surface area contributed by atoms with Crippen molar-refractivity contribution in [1.82, 2.24) is 0 Å². The van der Waals surface area contributed by atoms with Crippen LogP contribution in [0.1, 0.15) is 12.5 Å². The van der Waals surface area contributed by atoms with E-state index in [2.05, 4.69) is 0 Å². The van der Waals surface area contributed by atoms with Crippen LogP contribution < -0.4 is 9.21 Å². The molecular weight excluding hydrogens is 312 g/mol. The lowest BCUT2D eigenvalue weighted by Gasteiger charge is -2.20. The average molecular weight is 330 g/mol. The fourth-order valence-electron chi connectivity index (χ4n) is 2.71. The van der Waals surface area contributed by atoms with Gasteiger partial charge in [0.2, 0.25) is 5.91 Å². The first kappa shape index (κ1) is 15.6. The first-order chi connectivity index (χ1) is 10.9. The molecule has 1 aliphatic rings. The van der Waals surface area contributed by atoms with E-state index in [4.69, 9.17) is 0 Å². The van der Waals surface area contributed by atoms with E-state index in [9.17, 15) is 13.2 Å². The summed E-state index contributed by atoms with van der Waals surface area (Å²) in [4.78, 5) is 13.1. The minimum absolute atomic E-state index is 0.103. The van der Waals surface area contributed by atoms with E-state index in [1.54, 1.807) is 31.3 Å². The van der Waals surface area contributed by atoms with Crippen LogP contribution in [-0.2, 0) is 21.2 Å². The number of carbonyl (C=O) groups excluding carboxylic acids is 1. The van der Waals surface area contributed by atoms with Crippen LogP contribution in [0.5, 0.6) is 0 Å². The maximum absolute atomic E-state index is 12.9. The number of rotatable bonds is 3. The van der Waals surface area contributed by atoms with Gasteiger partial charge in [0.25, 0.3) is 10.0 Å². The zero-order valence-electron chi connectivity index (χ0n) is 13.1. The molecule has 0 atom stereocenters. The molecule has 23 heavy (non-hydrogen) atoms. The zero-order valence-corrected chi connectivity index (χ0v) is 13.9. The molecule has 1 aliphatic heterocycles. The van der Waals surface area contributed by atoms with E-state index < -0.39 is 10.0 Å². The Morgan fingerprint density at radius 3 is 2.39 bits per heavy atom. The molecule has 3 rings (SSSR count). The molecule has 1 amide bonds. The standard InChI is InChI=1S/C17H18N2O3S/c1-13(20)18(2)15-7-9-16(10-8-15)23(21,22)19-12-11-14-5-3-4-6-17(14)19/h3-10H,11-12H2,1-2H3. The number of nitrogens with zero attached hydrogens (tertiary/aromatic N) is 2. The number of amides is 1. The van der Waals surface area contributed by atoms with Crippen molar-refractivity contribution in [3.05, 3.63) is 54.1 Å². The van der Waals surface area contributed by atoms with Gasteiger partial charge in [0, 0.05) is 26.2 Å². The number of hydrogen-bond donors (Lipinski definition) is 0. The quantitative estimate of drug-likeness (QED) is 0.868. The van der Waals surface area contributed by atoms with Gasteiger partial charge in [-0.25, -0.2) is 8.42 Å². The molecule has 0 radical (unpaired) electrons. The van der Waals surface area contributed by atoms with Crippen molar-refractivity contribution in [2.75, 3.05) is 22.8 Å². The van der Waals surface area contributed by atoms with Gasteiger partial charge < -0.3 is 4.90 Å². The van der Waals surface area contributed by atoms with Gasteiger partial charge in [0.05, 0.1) is 10.6 Å². The Bertz CT molecular complexity index is 844. The van der Waals surface area contributed by atoms with Crippen LogP contribution in [0.3, 0.4) is 0 Å². The summed E-state index contributed by atoms with van der Waals surface area (Å²) >= 11 is 0. The number of hydrogen-bond acceptors (Lipinski definition) is 3. The monoisotopic (exact) mass is 330 g/mol. The van der Waals surface area contributed by atoms with E-state index in [1.807, 2.05) is 24.3 Å². The summed E-state index contributed by atoms with van der Waals surface area (Å²) in [6.07, 6.45) is 0.723. The lowest BCUT2D eigenvalue weighted by Crippen LogP contribution is -2.29. The Hall–Kier alpha value is -2.34. The molecule has 0 saturated heterocycles. The fraction of sp³-hybridized carbons (Fsp3) is 0.235. The molecule has 0 aliphatic carbocycles. The van der Waals surface area contributed by atoms with Crippen molar-refractivity contribution in [1.29, 1.82) is 0 Å². The summed E-state index contributed by atoms with van der Waals surface area (Å²) in [5.74, 6) is -0.103. The van der Waals surface area contributed by atoms with Gasteiger partial charge >= 0.3 is 0 Å². The SMILES string of the molecule is CC(=O)N(C)c1ccc(S(=O)(=O)N2CCc3ccccc32)cc1. The molecule has 0 spiro atoms. The molecule has 5 nitrogen and oxygen atoms in total. The summed E-state index contributed by atoms with van der Waals surface area (Å²) in [5.41, 5.74) is 2.46. The topological polar surface area (TPSA) is 57.7 Å². The maximum atomic E-state index is 12.9. The number of fused-ring (bicyclic) bond motifs is 1. The van der Waals surface area contributed by atoms with E-state index >= 15 is 0 Å². The second-order valence-electron chi connectivity index (χ2n) is 5.53. The molecule has 0 saturated carbocycles. The Morgan fingerprint density at radius 1 is 1.09 bits per heavy atom. The lowest BCUT2D eigenvalue weighted by atomic mass is 10.2. The van der Waals surface area contributed by atoms with Gasteiger partial charge in [0.15, 0.2) is 0 Å². The van der Waals surface area contributed by atoms with Crippen LogP contribution in [0.4, 0.5) is 11.4 Å². The van der Waals surface area contributed by atoms with Gasteiger partial charge in [-0.1, -0.05) is 18.2 Å². The van der Waals surface area contributed by atoms with Gasteiger partial charge in [-0.15, -0.1) is 0 Å². The third-order valence-corrected chi connectivity index (χ3v) is 5.96. The summed E-state index contributed by atoms with van der Waals surface area (Å²) in [6.45, 7) is 1.92. The highest BCUT2D eigenvalue weighted by molar-refractivity contribution is 7.92. The van der Waals surface area contributed by atoms with Crippen LogP contribution in [0.15, 0.2) is 53.4 Å². The third-order valence-electron chi connectivity index (χ3n) is 4.13. The first-order valence-electron chi connectivity index (χ1n) is 7.36. The van der Waals surface area contributed by atoms with Crippen LogP contribution in [-0.4, -0.2) is 27.9 Å². The summed E-state index contributed by atoms with van der Waals surface area (Å²) in [6, 6.07) is 13.9. The lowest BCUT2D eigenvalue weighted by molar-refractivity contribution is -0.116. The summed E-state index contributed by atoms with van der Waals surface area (Å²) in [7, 11) is -1.93. The van der Waals surface area contributed by atoms with Gasteiger partial charge in [-0.05, 0) is 42.3 Å². The highest BCUT2D eigenvalue weighted by atomic mass is 32.2. The Morgan fingerprint density at radius 2 is 1.74 bits per heavy atom. The Balaban J connectivity index is 1.94. The molecule has 0 fully saturated rings. The van der Waals surface area contributed by atoms with E-state index in [-0.39, 0.29) is 10.8 Å². The molecule has 120 valence electrons. The molecular formula is C17H18N2O3S. The molecule has 0 aromatic heterocycles. The number of carbonyl (C=O) groups is 1. The summed E-state index contributed by atoms with van der Waals surface area (Å²) < 4.78 is 27.2. The fourth-order valence-corrected chi connectivity index (χ4v) is 4.21. The van der Waals surface area contributed by atoms with E-state index in [1.165, 1.54) is 16.1 Å². The van der Waals surface area contributed by atoms with E-state index in [0.717, 1.165) is 17.7 Å². The first-order valence-corrected chi connectivity index (χ1v) is 8.80. The number of sulfonamides is 1.